The lowest BCUT2D eigenvalue weighted by Gasteiger charge is -2.10. The van der Waals surface area contributed by atoms with Crippen molar-refractivity contribution < 1.29 is 52.0 Å². The Kier molecular flexibility index (Phi) is 24.3. The van der Waals surface area contributed by atoms with E-state index in [-0.39, 0.29) is 34.6 Å². The van der Waals surface area contributed by atoms with Crippen LogP contribution in [0.4, 0.5) is 4.39 Å². The van der Waals surface area contributed by atoms with E-state index in [9.17, 15) is 23.6 Å². The molecule has 3 aromatic rings. The molecule has 0 aliphatic rings. The molecule has 3 rings (SSSR count). The molecule has 0 amide bonds. The van der Waals surface area contributed by atoms with Gasteiger partial charge in [-0.15, -0.1) is 0 Å². The van der Waals surface area contributed by atoms with E-state index >= 15 is 0 Å². The highest BCUT2D eigenvalue weighted by Gasteiger charge is 2.16. The highest BCUT2D eigenvalue weighted by molar-refractivity contribution is 5.92. The summed E-state index contributed by atoms with van der Waals surface area (Å²) in [6, 6.07) is 16.7. The molecular weight excluding hydrogens is 780 g/mol. The van der Waals surface area contributed by atoms with Crippen LogP contribution in [0.5, 0.6) is 23.0 Å². The van der Waals surface area contributed by atoms with Crippen molar-refractivity contribution in [3.05, 3.63) is 108 Å². The first-order valence-corrected chi connectivity index (χ1v) is 21.9. The molecule has 332 valence electrons. The van der Waals surface area contributed by atoms with Gasteiger partial charge in [0, 0.05) is 17.2 Å². The summed E-state index contributed by atoms with van der Waals surface area (Å²) in [6.07, 6.45) is 19.5. The molecular formula is C50H65FO10. The first kappa shape index (κ1) is 49.9. The molecule has 0 N–H and O–H groups in total. The molecule has 0 unspecified atom stereocenters. The van der Waals surface area contributed by atoms with Gasteiger partial charge in [-0.05, 0) is 100 Å². The lowest BCUT2D eigenvalue weighted by Crippen LogP contribution is -2.11. The summed E-state index contributed by atoms with van der Waals surface area (Å²) in [5.41, 5.74) is 1.38. The highest BCUT2D eigenvalue weighted by Crippen LogP contribution is 2.25. The number of carbonyl (C=O) groups is 4. The summed E-state index contributed by atoms with van der Waals surface area (Å²) < 4.78 is 47.4. The van der Waals surface area contributed by atoms with E-state index in [1.807, 2.05) is 0 Å². The van der Waals surface area contributed by atoms with Crippen LogP contribution in [-0.2, 0) is 19.1 Å². The van der Waals surface area contributed by atoms with Crippen LogP contribution in [0.25, 0.3) is 0 Å². The van der Waals surface area contributed by atoms with Gasteiger partial charge in [0.2, 0.25) is 0 Å². The Morgan fingerprint density at radius 3 is 1.13 bits per heavy atom. The molecule has 0 saturated carbocycles. The number of benzene rings is 3. The summed E-state index contributed by atoms with van der Waals surface area (Å²) in [5.74, 6) is -1.93. The molecule has 0 saturated heterocycles. The fourth-order valence-corrected chi connectivity index (χ4v) is 6.17. The summed E-state index contributed by atoms with van der Waals surface area (Å²) in [5, 5.41) is 0. The van der Waals surface area contributed by atoms with Crippen LogP contribution in [0.15, 0.2) is 91.0 Å². The first-order valence-electron chi connectivity index (χ1n) is 21.9. The molecule has 0 aliphatic heterocycles. The molecule has 0 bridgehead atoms. The maximum atomic E-state index is 14.9. The number of carbonyl (C=O) groups excluding carboxylic acids is 4. The van der Waals surface area contributed by atoms with Gasteiger partial charge in [-0.25, -0.2) is 23.6 Å². The van der Waals surface area contributed by atoms with Crippen molar-refractivity contribution >= 4 is 23.9 Å². The van der Waals surface area contributed by atoms with E-state index in [0.29, 0.717) is 49.1 Å². The molecule has 0 spiro atoms. The predicted molar refractivity (Wildman–Crippen MR) is 235 cm³/mol. The molecule has 0 fully saturated rings. The lowest BCUT2D eigenvalue weighted by molar-refractivity contribution is -0.139. The van der Waals surface area contributed by atoms with Crippen LogP contribution in [0.1, 0.15) is 150 Å². The van der Waals surface area contributed by atoms with Gasteiger partial charge in [-0.3, -0.25) is 0 Å². The van der Waals surface area contributed by atoms with Crippen LogP contribution >= 0.6 is 0 Å². The number of unbranched alkanes of at least 4 members (excludes halogenated alkanes) is 16. The van der Waals surface area contributed by atoms with Gasteiger partial charge >= 0.3 is 23.9 Å². The van der Waals surface area contributed by atoms with Crippen LogP contribution in [0.2, 0.25) is 0 Å². The van der Waals surface area contributed by atoms with Crippen LogP contribution in [0, 0.1) is 5.82 Å². The Labute approximate surface area is 361 Å². The van der Waals surface area contributed by atoms with Crippen molar-refractivity contribution in [2.45, 2.75) is 129 Å². The Balaban J connectivity index is 1.23. The van der Waals surface area contributed by atoms with Gasteiger partial charge in [0.05, 0.1) is 37.6 Å². The van der Waals surface area contributed by atoms with E-state index in [4.69, 9.17) is 28.4 Å². The number of ether oxygens (including phenoxy) is 6. The number of halogens is 1. The van der Waals surface area contributed by atoms with Crippen LogP contribution in [0.3, 0.4) is 0 Å². The maximum Gasteiger partial charge on any atom is 0.343 e. The van der Waals surface area contributed by atoms with Gasteiger partial charge < -0.3 is 28.4 Å². The van der Waals surface area contributed by atoms with E-state index in [1.54, 1.807) is 62.4 Å². The standard InChI is InChI=1S/C50H65FO10/c1-38(2)47(52)58-35-21-17-13-9-5-7-11-15-19-33-56-42-27-23-40(24-28-42)49(54)60-44-31-32-46(45(51)37-44)61-50(55)41-25-29-43(30-26-41)57-34-20-16-12-8-6-10-14-18-22-36-59-48(53)39(3)4/h23-32,37H,1,3,5-22,33-36H2,2,4H3. The summed E-state index contributed by atoms with van der Waals surface area (Å²) in [6.45, 7) is 12.5. The largest absolute Gasteiger partial charge is 0.494 e. The minimum atomic E-state index is -0.850. The predicted octanol–water partition coefficient (Wildman–Crippen LogP) is 12.3. The number of rotatable bonds is 32. The van der Waals surface area contributed by atoms with Crippen molar-refractivity contribution in [1.29, 1.82) is 0 Å². The molecule has 0 heterocycles. The summed E-state index contributed by atoms with van der Waals surface area (Å²) >= 11 is 0. The molecule has 0 radical (unpaired) electrons. The molecule has 11 heteroatoms. The third-order valence-electron chi connectivity index (χ3n) is 9.77. The first-order chi connectivity index (χ1) is 29.5. The number of esters is 4. The Hall–Kier alpha value is -5.45. The fraction of sp³-hybridized carbons (Fsp3) is 0.480. The molecule has 61 heavy (non-hydrogen) atoms. The summed E-state index contributed by atoms with van der Waals surface area (Å²) in [7, 11) is 0. The second-order valence-corrected chi connectivity index (χ2v) is 15.3. The second-order valence-electron chi connectivity index (χ2n) is 15.3. The quantitative estimate of drug-likeness (QED) is 0.0260. The average Bonchev–Trinajstić information content (AvgIpc) is 3.25. The minimum absolute atomic E-state index is 0.0294. The molecule has 0 aliphatic carbocycles. The van der Waals surface area contributed by atoms with E-state index in [0.717, 1.165) is 83.1 Å². The molecule has 0 atom stereocenters. The molecule has 0 aromatic heterocycles. The zero-order chi connectivity index (χ0) is 44.1. The third-order valence-corrected chi connectivity index (χ3v) is 9.77. The Bertz CT molecular complexity index is 1800. The summed E-state index contributed by atoms with van der Waals surface area (Å²) in [4.78, 5) is 48.2. The zero-order valence-electron chi connectivity index (χ0n) is 36.3. The fourth-order valence-electron chi connectivity index (χ4n) is 6.17. The van der Waals surface area contributed by atoms with Crippen molar-refractivity contribution in [3.8, 4) is 23.0 Å². The van der Waals surface area contributed by atoms with Crippen LogP contribution < -0.4 is 18.9 Å². The van der Waals surface area contributed by atoms with Crippen molar-refractivity contribution in [2.75, 3.05) is 26.4 Å². The Morgan fingerprint density at radius 2 is 0.770 bits per heavy atom. The van der Waals surface area contributed by atoms with Crippen molar-refractivity contribution in [3.63, 3.8) is 0 Å². The van der Waals surface area contributed by atoms with Crippen molar-refractivity contribution in [2.24, 2.45) is 0 Å². The zero-order valence-corrected chi connectivity index (χ0v) is 36.3. The van der Waals surface area contributed by atoms with E-state index in [2.05, 4.69) is 13.2 Å². The number of hydrogen-bond acceptors (Lipinski definition) is 10. The normalized spacial score (nSPS) is 10.7. The topological polar surface area (TPSA) is 124 Å². The lowest BCUT2D eigenvalue weighted by atomic mass is 10.1. The van der Waals surface area contributed by atoms with Gasteiger partial charge in [0.25, 0.3) is 0 Å². The van der Waals surface area contributed by atoms with Crippen molar-refractivity contribution in [1.82, 2.24) is 0 Å². The smallest absolute Gasteiger partial charge is 0.343 e. The third kappa shape index (κ3) is 21.6. The van der Waals surface area contributed by atoms with E-state index < -0.39 is 17.8 Å². The van der Waals surface area contributed by atoms with Gasteiger partial charge in [-0.2, -0.15) is 0 Å². The maximum absolute atomic E-state index is 14.9. The molecule has 10 nitrogen and oxygen atoms in total. The van der Waals surface area contributed by atoms with Gasteiger partial charge in [0.15, 0.2) is 11.6 Å². The van der Waals surface area contributed by atoms with E-state index in [1.165, 1.54) is 50.7 Å². The SMILES string of the molecule is C=C(C)C(=O)OCCCCCCCCCCCOc1ccc(C(=O)Oc2ccc(OC(=O)c3ccc(OCCCCCCCCCCCOC(=O)C(=C)C)cc3)c(F)c2)cc1. The minimum Gasteiger partial charge on any atom is -0.494 e. The van der Waals surface area contributed by atoms with Crippen LogP contribution in [-0.4, -0.2) is 50.3 Å². The molecule has 3 aromatic carbocycles. The number of hydrogen-bond donors (Lipinski definition) is 0. The second kappa shape index (κ2) is 29.7. The monoisotopic (exact) mass is 844 g/mol. The highest BCUT2D eigenvalue weighted by atomic mass is 19.1. The Morgan fingerprint density at radius 1 is 0.443 bits per heavy atom. The van der Waals surface area contributed by atoms with Gasteiger partial charge in [0.1, 0.15) is 17.2 Å². The average molecular weight is 845 g/mol. The van der Waals surface area contributed by atoms with Gasteiger partial charge in [-0.1, -0.05) is 103 Å².